The molecule has 0 radical (unpaired) electrons. The molecule has 1 fully saturated rings. The second-order valence-corrected chi connectivity index (χ2v) is 8.87. The molecule has 5 N–H and O–H groups in total. The van der Waals surface area contributed by atoms with E-state index in [1.54, 1.807) is 7.11 Å². The van der Waals surface area contributed by atoms with Crippen LogP contribution in [0.15, 0.2) is 42.7 Å². The summed E-state index contributed by atoms with van der Waals surface area (Å²) < 4.78 is 5.75. The minimum absolute atomic E-state index is 0.260. The molecule has 1 aromatic heterocycles. The highest BCUT2D eigenvalue weighted by molar-refractivity contribution is 5.88. The maximum absolute atomic E-state index is 9.26. The Morgan fingerprint density at radius 2 is 1.83 bits per heavy atom. The number of aliphatic hydroxyl groups is 1. The van der Waals surface area contributed by atoms with Crippen molar-refractivity contribution in [1.29, 1.82) is 5.41 Å². The lowest BCUT2D eigenvalue weighted by atomic mass is 9.93. The van der Waals surface area contributed by atoms with Crippen molar-refractivity contribution < 1.29 is 9.84 Å². The standard InChI is InChI=1S/C27H35N7O2/c1-29-21-5-4-19(12-20(21)16-28)22-14-27(32-17-31-22)33-24-13-23(30-2)25(15-26(24)36-3)34-9-6-18(7-10-34)8-11-35/h4-5,12-18,28-30,35H,6-11H2,1-3H3,(H,31,32,33). The Hall–Kier alpha value is -3.85. The average molecular weight is 490 g/mol. The molecule has 1 aliphatic heterocycles. The molecule has 1 aliphatic rings. The Bertz CT molecular complexity index is 1190. The van der Waals surface area contributed by atoms with Gasteiger partial charge in [-0.15, -0.1) is 0 Å². The smallest absolute Gasteiger partial charge is 0.144 e. The van der Waals surface area contributed by atoms with Gasteiger partial charge in [0, 0.05) is 69.0 Å². The monoisotopic (exact) mass is 489 g/mol. The number of anilines is 5. The topological polar surface area (TPSA) is 118 Å². The fourth-order valence-corrected chi connectivity index (χ4v) is 4.73. The van der Waals surface area contributed by atoms with Gasteiger partial charge >= 0.3 is 0 Å². The molecule has 0 saturated carbocycles. The third-order valence-corrected chi connectivity index (χ3v) is 6.78. The van der Waals surface area contributed by atoms with Gasteiger partial charge < -0.3 is 36.1 Å². The minimum atomic E-state index is 0.260. The van der Waals surface area contributed by atoms with E-state index in [9.17, 15) is 5.11 Å². The number of rotatable bonds is 10. The average Bonchev–Trinajstić information content (AvgIpc) is 2.93. The molecule has 4 rings (SSSR count). The van der Waals surface area contributed by atoms with Crippen LogP contribution in [0.25, 0.3) is 11.3 Å². The number of nitrogens with zero attached hydrogens (tertiary/aromatic N) is 3. The number of ether oxygens (including phenoxy) is 1. The van der Waals surface area contributed by atoms with Gasteiger partial charge in [-0.2, -0.15) is 0 Å². The van der Waals surface area contributed by atoms with Crippen molar-refractivity contribution in [3.8, 4) is 17.0 Å². The van der Waals surface area contributed by atoms with Crippen LogP contribution in [-0.2, 0) is 0 Å². The van der Waals surface area contributed by atoms with Crippen molar-refractivity contribution >= 4 is 34.8 Å². The van der Waals surface area contributed by atoms with Gasteiger partial charge in [0.25, 0.3) is 0 Å². The second-order valence-electron chi connectivity index (χ2n) is 8.87. The van der Waals surface area contributed by atoms with E-state index in [1.165, 1.54) is 12.5 Å². The Labute approximate surface area is 212 Å². The van der Waals surface area contributed by atoms with Crippen LogP contribution in [-0.4, -0.2) is 62.2 Å². The quantitative estimate of drug-likeness (QED) is 0.263. The fraction of sp³-hybridized carbons (Fsp3) is 0.370. The molecular formula is C27H35N7O2. The lowest BCUT2D eigenvalue weighted by Gasteiger charge is -2.35. The van der Waals surface area contributed by atoms with E-state index in [2.05, 4.69) is 36.9 Å². The molecule has 3 aromatic rings. The number of nitrogens with one attached hydrogen (secondary N) is 4. The van der Waals surface area contributed by atoms with Crippen LogP contribution >= 0.6 is 0 Å². The minimum Gasteiger partial charge on any atom is -0.494 e. The van der Waals surface area contributed by atoms with Gasteiger partial charge in [-0.05, 0) is 43.4 Å². The van der Waals surface area contributed by atoms with Gasteiger partial charge in [0.1, 0.15) is 17.9 Å². The summed E-state index contributed by atoms with van der Waals surface area (Å²) in [6.07, 6.45) is 5.89. The van der Waals surface area contributed by atoms with Gasteiger partial charge in [0.05, 0.1) is 29.9 Å². The number of aliphatic hydroxyl groups excluding tert-OH is 1. The van der Waals surface area contributed by atoms with Crippen molar-refractivity contribution in [3.63, 3.8) is 0 Å². The van der Waals surface area contributed by atoms with Gasteiger partial charge in [-0.1, -0.05) is 6.07 Å². The van der Waals surface area contributed by atoms with Crippen molar-refractivity contribution in [2.45, 2.75) is 19.3 Å². The molecule has 36 heavy (non-hydrogen) atoms. The Morgan fingerprint density at radius 1 is 1.06 bits per heavy atom. The van der Waals surface area contributed by atoms with Crippen LogP contribution in [0, 0.1) is 11.3 Å². The van der Waals surface area contributed by atoms with E-state index in [-0.39, 0.29) is 6.61 Å². The van der Waals surface area contributed by atoms with E-state index >= 15 is 0 Å². The van der Waals surface area contributed by atoms with Crippen LogP contribution in [0.5, 0.6) is 5.75 Å². The third kappa shape index (κ3) is 5.52. The summed E-state index contributed by atoms with van der Waals surface area (Å²) >= 11 is 0. The number of methoxy groups -OCH3 is 1. The first-order valence-corrected chi connectivity index (χ1v) is 12.3. The summed E-state index contributed by atoms with van der Waals surface area (Å²) in [5.74, 6) is 1.96. The summed E-state index contributed by atoms with van der Waals surface area (Å²) in [4.78, 5) is 11.2. The summed E-state index contributed by atoms with van der Waals surface area (Å²) in [6, 6.07) is 11.9. The maximum Gasteiger partial charge on any atom is 0.144 e. The van der Waals surface area contributed by atoms with Crippen molar-refractivity contribution in [3.05, 3.63) is 48.3 Å². The molecule has 9 heteroatoms. The lowest BCUT2D eigenvalue weighted by molar-refractivity contribution is 0.240. The van der Waals surface area contributed by atoms with Crippen molar-refractivity contribution in [1.82, 2.24) is 9.97 Å². The van der Waals surface area contributed by atoms with Crippen molar-refractivity contribution in [2.75, 3.05) is 61.8 Å². The van der Waals surface area contributed by atoms with Gasteiger partial charge in [0.15, 0.2) is 0 Å². The van der Waals surface area contributed by atoms with E-state index in [0.717, 1.165) is 77.7 Å². The fourth-order valence-electron chi connectivity index (χ4n) is 4.73. The van der Waals surface area contributed by atoms with E-state index in [1.807, 2.05) is 44.4 Å². The number of hydrogen-bond donors (Lipinski definition) is 5. The molecule has 0 atom stereocenters. The normalized spacial score (nSPS) is 13.8. The molecule has 0 spiro atoms. The summed E-state index contributed by atoms with van der Waals surface area (Å²) in [5.41, 5.74) is 6.26. The molecule has 9 nitrogen and oxygen atoms in total. The van der Waals surface area contributed by atoms with Crippen LogP contribution in [0.2, 0.25) is 0 Å². The predicted octanol–water partition coefficient (Wildman–Crippen LogP) is 4.58. The summed E-state index contributed by atoms with van der Waals surface area (Å²) in [7, 11) is 5.43. The molecule has 1 saturated heterocycles. The van der Waals surface area contributed by atoms with Gasteiger partial charge in [0.2, 0.25) is 0 Å². The predicted molar refractivity (Wildman–Crippen MR) is 147 cm³/mol. The zero-order chi connectivity index (χ0) is 25.5. The highest BCUT2D eigenvalue weighted by Crippen LogP contribution is 2.39. The number of hydrogen-bond acceptors (Lipinski definition) is 9. The van der Waals surface area contributed by atoms with Crippen LogP contribution in [0.3, 0.4) is 0 Å². The lowest BCUT2D eigenvalue weighted by Crippen LogP contribution is -2.34. The number of piperidine rings is 1. The van der Waals surface area contributed by atoms with E-state index in [0.29, 0.717) is 11.7 Å². The van der Waals surface area contributed by atoms with Crippen LogP contribution < -0.4 is 25.6 Å². The number of benzene rings is 2. The zero-order valence-electron chi connectivity index (χ0n) is 21.1. The summed E-state index contributed by atoms with van der Waals surface area (Å²) in [5, 5.41) is 26.8. The van der Waals surface area contributed by atoms with Crippen LogP contribution in [0.1, 0.15) is 24.8 Å². The first-order valence-electron chi connectivity index (χ1n) is 12.3. The second kappa shape index (κ2) is 11.7. The highest BCUT2D eigenvalue weighted by atomic mass is 16.5. The first-order chi connectivity index (χ1) is 17.6. The third-order valence-electron chi connectivity index (χ3n) is 6.78. The maximum atomic E-state index is 9.26. The van der Waals surface area contributed by atoms with E-state index < -0.39 is 0 Å². The van der Waals surface area contributed by atoms with Gasteiger partial charge in [-0.25, -0.2) is 9.97 Å². The Balaban J connectivity index is 1.59. The molecule has 2 aromatic carbocycles. The molecule has 0 bridgehead atoms. The summed E-state index contributed by atoms with van der Waals surface area (Å²) in [6.45, 7) is 2.17. The SMILES string of the molecule is CNc1ccc(-c2cc(Nc3cc(NC)c(N4CCC(CCO)CC4)cc3OC)ncn2)cc1C=N. The zero-order valence-corrected chi connectivity index (χ0v) is 21.1. The molecule has 2 heterocycles. The van der Waals surface area contributed by atoms with Gasteiger partial charge in [-0.3, -0.25) is 0 Å². The number of aromatic nitrogens is 2. The van der Waals surface area contributed by atoms with Crippen molar-refractivity contribution in [2.24, 2.45) is 5.92 Å². The molecular weight excluding hydrogens is 454 g/mol. The molecule has 190 valence electrons. The Kier molecular flexibility index (Phi) is 8.22. The largest absolute Gasteiger partial charge is 0.494 e. The highest BCUT2D eigenvalue weighted by Gasteiger charge is 2.22. The Morgan fingerprint density at radius 3 is 2.50 bits per heavy atom. The molecule has 0 amide bonds. The van der Waals surface area contributed by atoms with E-state index in [4.69, 9.17) is 10.1 Å². The molecule has 0 aliphatic carbocycles. The first kappa shape index (κ1) is 25.2. The van der Waals surface area contributed by atoms with Crippen LogP contribution in [0.4, 0.5) is 28.6 Å². The molecule has 0 unspecified atom stereocenters.